The second kappa shape index (κ2) is 16.0. The maximum Gasteiger partial charge on any atom is 2.00 e. The van der Waals surface area contributed by atoms with Gasteiger partial charge in [0, 0.05) is 42.4 Å². The molecule has 10 rings (SSSR count). The Hall–Kier alpha value is -6.10. The molecule has 0 atom stereocenters. The maximum absolute atomic E-state index is 5.19. The fourth-order valence-electron chi connectivity index (χ4n) is 7.43. The molecule has 0 fully saturated rings. The topological polar surface area (TPSA) is 64.5 Å². The Morgan fingerprint density at radius 3 is 1.84 bits per heavy atom. The van der Waals surface area contributed by atoms with E-state index in [0.717, 1.165) is 64.8 Å². The number of nitrogens with zero attached hydrogens (tertiary/aromatic N) is 5. The molecule has 0 spiro atoms. The molecule has 0 bridgehead atoms. The summed E-state index contributed by atoms with van der Waals surface area (Å²) in [6, 6.07) is 62.7. The van der Waals surface area contributed by atoms with Gasteiger partial charge in [-0.2, -0.15) is 24.3 Å². The third-order valence-corrected chi connectivity index (χ3v) is 11.6. The van der Waals surface area contributed by atoms with E-state index < -0.39 is 0 Å². The third-order valence-electron chi connectivity index (χ3n) is 10.4. The Kier molecular flexibility index (Phi) is 10.4. The van der Waals surface area contributed by atoms with Crippen molar-refractivity contribution in [3.8, 4) is 79.2 Å². The minimum atomic E-state index is 0. The molecule has 5 nitrogen and oxygen atoms in total. The molecule has 0 aliphatic carbocycles. The number of rotatable bonds is 7. The number of hydrogen-bond donors (Lipinski definition) is 0. The quantitative estimate of drug-likeness (QED) is 0.149. The zero-order valence-electron chi connectivity index (χ0n) is 31.7. The van der Waals surface area contributed by atoms with Gasteiger partial charge in [-0.25, -0.2) is 26.6 Å². The molecule has 0 saturated carbocycles. The molecular formula is C51H33N5SU. The zero-order chi connectivity index (χ0) is 38.3. The molecule has 0 aliphatic heterocycles. The van der Waals surface area contributed by atoms with Gasteiger partial charge in [0.05, 0.1) is 0 Å². The first-order valence-electron chi connectivity index (χ1n) is 18.8. The van der Waals surface area contributed by atoms with Gasteiger partial charge in [0.1, 0.15) is 5.82 Å². The van der Waals surface area contributed by atoms with Crippen molar-refractivity contribution in [2.75, 3.05) is 0 Å². The molecule has 7 heteroatoms. The average Bonchev–Trinajstić information content (AvgIpc) is 3.66. The van der Waals surface area contributed by atoms with Gasteiger partial charge in [-0.3, -0.25) is 4.98 Å². The number of aryl methyl sites for hydroxylation is 1. The van der Waals surface area contributed by atoms with E-state index in [1.165, 1.54) is 16.7 Å². The van der Waals surface area contributed by atoms with E-state index in [-0.39, 0.29) is 31.1 Å². The van der Waals surface area contributed by atoms with Crippen LogP contribution in [-0.2, 0) is 0 Å². The first-order valence-corrected chi connectivity index (χ1v) is 19.7. The first-order chi connectivity index (χ1) is 28.1. The second-order valence-electron chi connectivity index (χ2n) is 14.0. The molecule has 0 amide bonds. The molecular weight excluding hydrogens is 953 g/mol. The minimum absolute atomic E-state index is 0. The van der Waals surface area contributed by atoms with Gasteiger partial charge in [-0.05, 0) is 66.1 Å². The number of hydrogen-bond acceptors (Lipinski definition) is 6. The van der Waals surface area contributed by atoms with Crippen LogP contribution in [0.25, 0.3) is 99.4 Å². The van der Waals surface area contributed by atoms with Gasteiger partial charge in [0.25, 0.3) is 0 Å². The summed E-state index contributed by atoms with van der Waals surface area (Å²) in [6.07, 6.45) is 0. The van der Waals surface area contributed by atoms with Crippen LogP contribution in [0.5, 0.6) is 0 Å². The van der Waals surface area contributed by atoms with Gasteiger partial charge in [-0.15, -0.1) is 35.2 Å². The van der Waals surface area contributed by atoms with Gasteiger partial charge < -0.3 is 4.98 Å². The molecule has 3 heterocycles. The van der Waals surface area contributed by atoms with E-state index >= 15 is 0 Å². The van der Waals surface area contributed by atoms with Crippen LogP contribution >= 0.6 is 11.3 Å². The van der Waals surface area contributed by atoms with E-state index in [4.69, 9.17) is 24.9 Å². The molecule has 0 saturated heterocycles. The van der Waals surface area contributed by atoms with Crippen molar-refractivity contribution in [3.63, 3.8) is 0 Å². The Morgan fingerprint density at radius 1 is 0.448 bits per heavy atom. The molecule has 58 heavy (non-hydrogen) atoms. The van der Waals surface area contributed by atoms with Crippen LogP contribution in [0.1, 0.15) is 11.1 Å². The SMILES string of the molecule is Cc1ccccc1-c1cccc(-c2nc(-c3ccccc3)nc(-c3ccc4sc5c(-c6nc(-c7[c-]cccc7)[c-]c(-c7ccccc7)n6)cccc5c4c3)n2)c1C.[U+2]. The Morgan fingerprint density at radius 2 is 1.07 bits per heavy atom. The van der Waals surface area contributed by atoms with E-state index in [2.05, 4.69) is 117 Å². The van der Waals surface area contributed by atoms with E-state index in [1.807, 2.05) is 72.8 Å². The molecule has 10 aromatic rings. The monoisotopic (exact) mass is 985 g/mol. The van der Waals surface area contributed by atoms with Crippen LogP contribution < -0.4 is 0 Å². The van der Waals surface area contributed by atoms with Crippen LogP contribution in [0.2, 0.25) is 0 Å². The standard InChI is InChI=1S/C51H33N5S.U/c1-32-16-12-13-23-38(32)39-24-14-25-40(33(39)2)50-55-48(36-21-10-5-11-22-36)54-49(56-50)37-28-29-46-43(30-37)41-26-15-27-42(47(41)57-46)51-52-44(34-17-6-3-7-18-34)31-45(53-51)35-19-8-4-9-20-35;/h3-19,21-30H,1-2H3;/q-2;+2. The zero-order valence-corrected chi connectivity index (χ0v) is 36.7. The Balaban J connectivity index is 0.00000436. The molecule has 7 aromatic carbocycles. The van der Waals surface area contributed by atoms with Gasteiger partial charge >= 0.3 is 31.1 Å². The normalized spacial score (nSPS) is 11.1. The number of aromatic nitrogens is 5. The summed E-state index contributed by atoms with van der Waals surface area (Å²) in [5.41, 5.74) is 11.8. The van der Waals surface area contributed by atoms with Crippen molar-refractivity contribution < 1.29 is 31.1 Å². The van der Waals surface area contributed by atoms with Crippen LogP contribution in [0.15, 0.2) is 164 Å². The summed E-state index contributed by atoms with van der Waals surface area (Å²) in [5, 5.41) is 2.25. The van der Waals surface area contributed by atoms with Crippen LogP contribution in [0.3, 0.4) is 0 Å². The predicted octanol–water partition coefficient (Wildman–Crippen LogP) is 12.9. The second-order valence-corrected chi connectivity index (χ2v) is 15.0. The minimum Gasteiger partial charge on any atom is -0.305 e. The van der Waals surface area contributed by atoms with Gasteiger partial charge in [-0.1, -0.05) is 109 Å². The van der Waals surface area contributed by atoms with Crippen LogP contribution in [-0.4, -0.2) is 24.9 Å². The maximum atomic E-state index is 5.19. The summed E-state index contributed by atoms with van der Waals surface area (Å²) in [6.45, 7) is 4.31. The van der Waals surface area contributed by atoms with Crippen molar-refractivity contribution in [3.05, 3.63) is 187 Å². The van der Waals surface area contributed by atoms with Crippen LogP contribution in [0.4, 0.5) is 0 Å². The Labute approximate surface area is 365 Å². The number of thiophene rings is 1. The summed E-state index contributed by atoms with van der Waals surface area (Å²) in [7, 11) is 0. The van der Waals surface area contributed by atoms with E-state index in [9.17, 15) is 0 Å². The Bertz CT molecular complexity index is 3040. The summed E-state index contributed by atoms with van der Waals surface area (Å²) in [4.78, 5) is 25.5. The fraction of sp³-hybridized carbons (Fsp3) is 0.0392. The van der Waals surface area contributed by atoms with Gasteiger partial charge in [0.15, 0.2) is 17.5 Å². The summed E-state index contributed by atoms with van der Waals surface area (Å²) in [5.74, 6) is 2.54. The van der Waals surface area contributed by atoms with E-state index in [1.54, 1.807) is 11.3 Å². The molecule has 272 valence electrons. The third kappa shape index (κ3) is 7.07. The van der Waals surface area contributed by atoms with Crippen molar-refractivity contribution >= 4 is 31.5 Å². The molecule has 0 radical (unpaired) electrons. The van der Waals surface area contributed by atoms with E-state index in [0.29, 0.717) is 29.0 Å². The largest absolute Gasteiger partial charge is 2.00 e. The van der Waals surface area contributed by atoms with Crippen molar-refractivity contribution in [1.29, 1.82) is 0 Å². The predicted molar refractivity (Wildman–Crippen MR) is 234 cm³/mol. The number of fused-ring (bicyclic) bond motifs is 3. The molecule has 0 unspecified atom stereocenters. The molecule has 3 aromatic heterocycles. The summed E-state index contributed by atoms with van der Waals surface area (Å²) < 4.78 is 2.27. The molecule has 0 N–H and O–H groups in total. The van der Waals surface area contributed by atoms with Crippen molar-refractivity contribution in [2.45, 2.75) is 13.8 Å². The summed E-state index contributed by atoms with van der Waals surface area (Å²) >= 11 is 1.74. The van der Waals surface area contributed by atoms with Gasteiger partial charge in [0.2, 0.25) is 0 Å². The van der Waals surface area contributed by atoms with Crippen LogP contribution in [0, 0.1) is 57.1 Å². The van der Waals surface area contributed by atoms with Crippen molar-refractivity contribution in [1.82, 2.24) is 24.9 Å². The molecule has 0 aliphatic rings. The fourth-order valence-corrected chi connectivity index (χ4v) is 8.62. The first kappa shape index (κ1) is 37.5. The smallest absolute Gasteiger partial charge is 0.305 e. The van der Waals surface area contributed by atoms with Crippen molar-refractivity contribution in [2.24, 2.45) is 0 Å². The number of benzene rings is 7. The average molecular weight is 986 g/mol.